The monoisotopic (exact) mass is 530 g/mol. The Labute approximate surface area is 217 Å². The molecule has 0 unspecified atom stereocenters. The van der Waals surface area contributed by atoms with E-state index in [1.807, 2.05) is 0 Å². The van der Waals surface area contributed by atoms with Gasteiger partial charge in [-0.2, -0.15) is 0 Å². The van der Waals surface area contributed by atoms with E-state index in [1.165, 1.54) is 22.9 Å². The molecule has 5 rings (SSSR count). The Bertz CT molecular complexity index is 1380. The Hall–Kier alpha value is -3.44. The molecule has 2 fully saturated rings. The van der Waals surface area contributed by atoms with Gasteiger partial charge in [0, 0.05) is 56.8 Å². The van der Waals surface area contributed by atoms with Crippen LogP contribution >= 0.6 is 0 Å². The number of aromatic hydroxyl groups is 1. The molecule has 11 heteroatoms. The number of alkyl halides is 2. The number of ether oxygens (including phenoxy) is 1. The Morgan fingerprint density at radius 3 is 2.47 bits per heavy atom. The average molecular weight is 531 g/mol. The van der Waals surface area contributed by atoms with Crippen molar-refractivity contribution in [2.45, 2.75) is 44.2 Å². The smallest absolute Gasteiger partial charge is 0.268 e. The molecule has 3 heterocycles. The summed E-state index contributed by atoms with van der Waals surface area (Å²) in [6.07, 6.45) is 0.984. The topological polar surface area (TPSA) is 96.7 Å². The largest absolute Gasteiger partial charge is 0.506 e. The van der Waals surface area contributed by atoms with Crippen LogP contribution in [0.4, 0.5) is 13.2 Å². The number of morpholine rings is 1. The molecule has 2 aromatic heterocycles. The molecule has 0 radical (unpaired) electrons. The summed E-state index contributed by atoms with van der Waals surface area (Å²) in [5.41, 5.74) is 0.256. The van der Waals surface area contributed by atoms with Crippen molar-refractivity contribution >= 4 is 16.9 Å². The highest BCUT2D eigenvalue weighted by atomic mass is 19.3. The van der Waals surface area contributed by atoms with Gasteiger partial charge in [-0.1, -0.05) is 12.1 Å². The van der Waals surface area contributed by atoms with E-state index in [1.54, 1.807) is 18.2 Å². The molecule has 1 amide bonds. The highest BCUT2D eigenvalue weighted by Gasteiger charge is 2.36. The van der Waals surface area contributed by atoms with E-state index in [0.29, 0.717) is 44.0 Å². The van der Waals surface area contributed by atoms with Crippen molar-refractivity contribution < 1.29 is 27.8 Å². The highest BCUT2D eigenvalue weighted by molar-refractivity contribution is 6.02. The van der Waals surface area contributed by atoms with Crippen LogP contribution in [-0.4, -0.2) is 70.3 Å². The maximum absolute atomic E-state index is 13.6. The zero-order chi connectivity index (χ0) is 26.9. The van der Waals surface area contributed by atoms with Gasteiger partial charge in [-0.15, -0.1) is 0 Å². The van der Waals surface area contributed by atoms with Crippen LogP contribution < -0.4 is 10.9 Å². The van der Waals surface area contributed by atoms with Crippen LogP contribution in [0.3, 0.4) is 0 Å². The number of carbonyl (C=O) groups excluding carboxylic acids is 1. The molecule has 1 saturated carbocycles. The Morgan fingerprint density at radius 2 is 1.79 bits per heavy atom. The average Bonchev–Trinajstić information content (AvgIpc) is 2.91. The van der Waals surface area contributed by atoms with Crippen molar-refractivity contribution in [1.82, 2.24) is 19.8 Å². The fourth-order valence-corrected chi connectivity index (χ4v) is 5.03. The van der Waals surface area contributed by atoms with E-state index in [-0.39, 0.29) is 43.3 Å². The van der Waals surface area contributed by atoms with Gasteiger partial charge < -0.3 is 15.2 Å². The van der Waals surface area contributed by atoms with Gasteiger partial charge in [0.05, 0.1) is 18.6 Å². The first-order valence-corrected chi connectivity index (χ1v) is 12.7. The number of fused-ring (bicyclic) bond motifs is 1. The Balaban J connectivity index is 1.53. The molecule has 1 aliphatic carbocycles. The number of benzene rings is 1. The zero-order valence-electron chi connectivity index (χ0n) is 20.8. The molecule has 1 aromatic carbocycles. The molecular weight excluding hydrogens is 501 g/mol. The summed E-state index contributed by atoms with van der Waals surface area (Å²) in [4.78, 5) is 33.4. The first-order valence-electron chi connectivity index (χ1n) is 12.7. The normalized spacial score (nSPS) is 18.5. The molecule has 3 aromatic rings. The molecule has 1 aliphatic heterocycles. The summed E-state index contributed by atoms with van der Waals surface area (Å²) in [7, 11) is 0. The minimum Gasteiger partial charge on any atom is -0.506 e. The van der Waals surface area contributed by atoms with E-state index in [9.17, 15) is 27.9 Å². The second-order valence-corrected chi connectivity index (χ2v) is 9.84. The summed E-state index contributed by atoms with van der Waals surface area (Å²) in [5, 5.41) is 14.0. The molecule has 38 heavy (non-hydrogen) atoms. The summed E-state index contributed by atoms with van der Waals surface area (Å²) < 4.78 is 47.4. The fraction of sp³-hybridized carbons (Fsp3) is 0.444. The van der Waals surface area contributed by atoms with Crippen molar-refractivity contribution in [3.05, 3.63) is 58.3 Å². The minimum atomic E-state index is -2.76. The number of nitrogens with zero attached hydrogens (tertiary/aromatic N) is 3. The summed E-state index contributed by atoms with van der Waals surface area (Å²) in [5.74, 6) is -4.50. The summed E-state index contributed by atoms with van der Waals surface area (Å²) >= 11 is 0. The number of hydrogen-bond donors (Lipinski definition) is 2. The minimum absolute atomic E-state index is 0.0780. The fourth-order valence-electron chi connectivity index (χ4n) is 5.03. The summed E-state index contributed by atoms with van der Waals surface area (Å²) in [6, 6.07) is 6.81. The van der Waals surface area contributed by atoms with Crippen LogP contribution in [0, 0.1) is 5.82 Å². The van der Waals surface area contributed by atoms with Gasteiger partial charge in [0.1, 0.15) is 22.8 Å². The molecule has 2 aliphatic rings. The zero-order valence-corrected chi connectivity index (χ0v) is 20.8. The van der Waals surface area contributed by atoms with E-state index < -0.39 is 40.6 Å². The van der Waals surface area contributed by atoms with E-state index in [0.717, 1.165) is 0 Å². The van der Waals surface area contributed by atoms with Crippen LogP contribution in [0.5, 0.6) is 5.75 Å². The van der Waals surface area contributed by atoms with Crippen molar-refractivity contribution in [2.24, 2.45) is 0 Å². The third-order valence-corrected chi connectivity index (χ3v) is 7.27. The van der Waals surface area contributed by atoms with Gasteiger partial charge in [0.15, 0.2) is 0 Å². The van der Waals surface area contributed by atoms with Gasteiger partial charge >= 0.3 is 0 Å². The second kappa shape index (κ2) is 10.7. The second-order valence-electron chi connectivity index (χ2n) is 9.84. The lowest BCUT2D eigenvalue weighted by Gasteiger charge is -2.29. The van der Waals surface area contributed by atoms with E-state index >= 15 is 0 Å². The number of carbonyl (C=O) groups is 1. The molecular formula is C27H29F3N4O4. The van der Waals surface area contributed by atoms with Crippen molar-refractivity contribution in [1.29, 1.82) is 0 Å². The lowest BCUT2D eigenvalue weighted by molar-refractivity contribution is -0.0399. The standard InChI is InChI=1S/C27H29F3N4O4/c28-19-3-1-17(2-4-19)18-15-21-23(35)22(25(36)32-20-5-7-27(29,30)8-6-20)26(37)34(24(21)31-16-18)10-9-33-11-13-38-14-12-33/h1-4,15-16,20,35H,5-14H2,(H,32,36). The van der Waals surface area contributed by atoms with Crippen molar-refractivity contribution in [3.63, 3.8) is 0 Å². The predicted octanol–water partition coefficient (Wildman–Crippen LogP) is 3.55. The van der Waals surface area contributed by atoms with E-state index in [4.69, 9.17) is 4.74 Å². The van der Waals surface area contributed by atoms with Gasteiger partial charge in [-0.05, 0) is 36.6 Å². The molecule has 0 atom stereocenters. The van der Waals surface area contributed by atoms with Crippen molar-refractivity contribution in [2.75, 3.05) is 32.8 Å². The predicted molar refractivity (Wildman–Crippen MR) is 135 cm³/mol. The Morgan fingerprint density at radius 1 is 1.11 bits per heavy atom. The first-order chi connectivity index (χ1) is 18.2. The number of pyridine rings is 2. The molecule has 202 valence electrons. The third kappa shape index (κ3) is 5.53. The third-order valence-electron chi connectivity index (χ3n) is 7.27. The van der Waals surface area contributed by atoms with Crippen LogP contribution in [0.1, 0.15) is 36.0 Å². The van der Waals surface area contributed by atoms with Crippen molar-refractivity contribution in [3.8, 4) is 16.9 Å². The number of amides is 1. The lowest BCUT2D eigenvalue weighted by atomic mass is 9.92. The maximum Gasteiger partial charge on any atom is 0.268 e. The van der Waals surface area contributed by atoms with E-state index in [2.05, 4.69) is 15.2 Å². The first kappa shape index (κ1) is 26.2. The SMILES string of the molecule is O=C(NC1CCC(F)(F)CC1)c1c(O)c2cc(-c3ccc(F)cc3)cnc2n(CCN2CCOCC2)c1=O. The number of aromatic nitrogens is 2. The molecule has 8 nitrogen and oxygen atoms in total. The lowest BCUT2D eigenvalue weighted by Crippen LogP contribution is -2.43. The van der Waals surface area contributed by atoms with Gasteiger partial charge in [-0.3, -0.25) is 19.1 Å². The van der Waals surface area contributed by atoms with Gasteiger partial charge in [0.25, 0.3) is 11.5 Å². The molecule has 0 spiro atoms. The van der Waals surface area contributed by atoms with Crippen LogP contribution in [0.25, 0.3) is 22.2 Å². The van der Waals surface area contributed by atoms with Crippen LogP contribution in [-0.2, 0) is 11.3 Å². The molecule has 2 N–H and O–H groups in total. The van der Waals surface area contributed by atoms with Gasteiger partial charge in [0.2, 0.25) is 5.92 Å². The summed E-state index contributed by atoms with van der Waals surface area (Å²) in [6.45, 7) is 3.29. The number of halogens is 3. The van der Waals surface area contributed by atoms with Crippen LogP contribution in [0.2, 0.25) is 0 Å². The number of hydrogen-bond acceptors (Lipinski definition) is 6. The maximum atomic E-state index is 13.6. The quantitative estimate of drug-likeness (QED) is 0.506. The molecule has 1 saturated heterocycles. The highest BCUT2D eigenvalue weighted by Crippen LogP contribution is 2.34. The molecule has 0 bridgehead atoms. The Kier molecular flexibility index (Phi) is 7.40. The number of nitrogens with one attached hydrogen (secondary N) is 1. The number of rotatable bonds is 6. The van der Waals surface area contributed by atoms with Crippen LogP contribution in [0.15, 0.2) is 41.3 Å². The van der Waals surface area contributed by atoms with Gasteiger partial charge in [-0.25, -0.2) is 18.2 Å².